The molecule has 0 radical (unpaired) electrons. The number of amidine groups is 1. The minimum atomic E-state index is -1.40. The normalized spacial score (nSPS) is 17.2. The number of carbonyl (C=O) groups excluding carboxylic acids is 1. The Bertz CT molecular complexity index is 1040. The van der Waals surface area contributed by atoms with Gasteiger partial charge in [-0.2, -0.15) is 0 Å². The maximum Gasteiger partial charge on any atom is 0.409 e. The number of anilines is 1. The fourth-order valence-electron chi connectivity index (χ4n) is 3.54. The summed E-state index contributed by atoms with van der Waals surface area (Å²) in [6.07, 6.45) is 0.407. The SMILES string of the molecule is COCC1(C(=O)NCc2ccc(C(=N)N)cc2)CCc2ncc(NC(=O)O)c(=O)n21. The van der Waals surface area contributed by atoms with Crippen molar-refractivity contribution in [3.63, 3.8) is 0 Å². The molecule has 1 unspecified atom stereocenters. The summed E-state index contributed by atoms with van der Waals surface area (Å²) >= 11 is 0. The summed E-state index contributed by atoms with van der Waals surface area (Å²) in [5.74, 6) is -0.103. The molecule has 0 bridgehead atoms. The van der Waals surface area contributed by atoms with Crippen molar-refractivity contribution in [2.75, 3.05) is 19.0 Å². The Morgan fingerprint density at radius 1 is 1.37 bits per heavy atom. The molecule has 2 aromatic rings. The van der Waals surface area contributed by atoms with E-state index in [9.17, 15) is 14.4 Å². The molecule has 1 aliphatic heterocycles. The fraction of sp³-hybridized carbons (Fsp3) is 0.316. The summed E-state index contributed by atoms with van der Waals surface area (Å²) in [6.45, 7) is 0.111. The number of rotatable bonds is 7. The van der Waals surface area contributed by atoms with Gasteiger partial charge in [0.2, 0.25) is 5.91 Å². The predicted octanol–water partition coefficient (Wildman–Crippen LogP) is 0.222. The molecule has 0 saturated carbocycles. The van der Waals surface area contributed by atoms with Crippen molar-refractivity contribution < 1.29 is 19.4 Å². The molecule has 0 spiro atoms. The Hall–Kier alpha value is -3.73. The molecule has 3 rings (SSSR count). The van der Waals surface area contributed by atoms with Gasteiger partial charge in [-0.25, -0.2) is 9.78 Å². The van der Waals surface area contributed by atoms with Crippen molar-refractivity contribution in [1.29, 1.82) is 5.41 Å². The molecule has 1 atom stereocenters. The third kappa shape index (κ3) is 3.87. The summed E-state index contributed by atoms with van der Waals surface area (Å²) in [5, 5.41) is 21.2. The quantitative estimate of drug-likeness (QED) is 0.318. The number of nitrogens with zero attached hydrogens (tertiary/aromatic N) is 2. The number of nitrogens with one attached hydrogen (secondary N) is 3. The lowest BCUT2D eigenvalue weighted by Crippen LogP contribution is -2.53. The highest BCUT2D eigenvalue weighted by molar-refractivity contribution is 5.94. The molecule has 1 aromatic carbocycles. The zero-order chi connectivity index (χ0) is 21.9. The van der Waals surface area contributed by atoms with Gasteiger partial charge in [-0.1, -0.05) is 24.3 Å². The second-order valence-corrected chi connectivity index (χ2v) is 6.92. The lowest BCUT2D eigenvalue weighted by Gasteiger charge is -2.29. The summed E-state index contributed by atoms with van der Waals surface area (Å²) in [7, 11) is 1.42. The minimum absolute atomic E-state index is 0.0511. The topological polar surface area (TPSA) is 172 Å². The van der Waals surface area contributed by atoms with Crippen LogP contribution in [-0.4, -0.2) is 46.2 Å². The Kier molecular flexibility index (Phi) is 5.83. The highest BCUT2D eigenvalue weighted by atomic mass is 16.5. The predicted molar refractivity (Wildman–Crippen MR) is 108 cm³/mol. The summed E-state index contributed by atoms with van der Waals surface area (Å²) < 4.78 is 6.47. The van der Waals surface area contributed by atoms with Crippen LogP contribution in [0.1, 0.15) is 23.4 Å². The second-order valence-electron chi connectivity index (χ2n) is 6.92. The molecule has 1 aliphatic rings. The first-order valence-electron chi connectivity index (χ1n) is 9.10. The van der Waals surface area contributed by atoms with Crippen molar-refractivity contribution >= 4 is 23.5 Å². The zero-order valence-electron chi connectivity index (χ0n) is 16.3. The number of hydrogen-bond acceptors (Lipinski definition) is 6. The third-order valence-electron chi connectivity index (χ3n) is 4.99. The van der Waals surface area contributed by atoms with E-state index in [4.69, 9.17) is 21.0 Å². The van der Waals surface area contributed by atoms with Crippen LogP contribution in [0.2, 0.25) is 0 Å². The number of nitrogen functional groups attached to an aromatic ring is 1. The van der Waals surface area contributed by atoms with Gasteiger partial charge in [-0.15, -0.1) is 0 Å². The lowest BCUT2D eigenvalue weighted by atomic mass is 9.96. The van der Waals surface area contributed by atoms with Crippen molar-refractivity contribution in [2.24, 2.45) is 5.73 Å². The number of carboxylic acid groups (broad SMARTS) is 1. The van der Waals surface area contributed by atoms with Gasteiger partial charge in [0.05, 0.1) is 12.8 Å². The number of aromatic nitrogens is 2. The van der Waals surface area contributed by atoms with E-state index in [-0.39, 0.29) is 31.1 Å². The van der Waals surface area contributed by atoms with Crippen LogP contribution in [0.15, 0.2) is 35.3 Å². The number of aryl methyl sites for hydroxylation is 1. The molecule has 30 heavy (non-hydrogen) atoms. The molecule has 0 aliphatic carbocycles. The van der Waals surface area contributed by atoms with Crippen molar-refractivity contribution in [2.45, 2.75) is 24.9 Å². The molecule has 0 saturated heterocycles. The van der Waals surface area contributed by atoms with Gasteiger partial charge in [0, 0.05) is 25.6 Å². The Balaban J connectivity index is 1.89. The standard InChI is InChI=1S/C19H22N6O5/c1-30-10-19(17(27)23-8-11-2-4-12(5-3-11)15(20)21)7-6-14-22-9-13(24-18(28)29)16(26)25(14)19/h2-5,9,24H,6-8,10H2,1H3,(H3,20,21)(H,23,27)(H,28,29). The molecule has 6 N–H and O–H groups in total. The minimum Gasteiger partial charge on any atom is -0.465 e. The fourth-order valence-corrected chi connectivity index (χ4v) is 3.54. The number of fused-ring (bicyclic) bond motifs is 1. The Labute approximate surface area is 171 Å². The molecular formula is C19H22N6O5. The molecule has 11 heteroatoms. The number of amides is 2. The molecule has 1 aromatic heterocycles. The lowest BCUT2D eigenvalue weighted by molar-refractivity contribution is -0.132. The van der Waals surface area contributed by atoms with E-state index in [1.165, 1.54) is 11.7 Å². The van der Waals surface area contributed by atoms with Crippen LogP contribution in [0.4, 0.5) is 10.5 Å². The van der Waals surface area contributed by atoms with E-state index in [1.807, 2.05) is 5.32 Å². The van der Waals surface area contributed by atoms with Gasteiger partial charge in [-0.3, -0.25) is 24.9 Å². The summed E-state index contributed by atoms with van der Waals surface area (Å²) in [4.78, 5) is 41.2. The van der Waals surface area contributed by atoms with Crippen molar-refractivity contribution in [3.8, 4) is 0 Å². The van der Waals surface area contributed by atoms with E-state index in [2.05, 4.69) is 10.3 Å². The van der Waals surface area contributed by atoms with Crippen LogP contribution in [0.25, 0.3) is 0 Å². The summed E-state index contributed by atoms with van der Waals surface area (Å²) in [6, 6.07) is 6.84. The molecule has 0 fully saturated rings. The largest absolute Gasteiger partial charge is 0.465 e. The van der Waals surface area contributed by atoms with Gasteiger partial charge in [0.1, 0.15) is 17.3 Å². The maximum atomic E-state index is 13.2. The van der Waals surface area contributed by atoms with E-state index in [0.29, 0.717) is 17.8 Å². The highest BCUT2D eigenvalue weighted by Crippen LogP contribution is 2.31. The van der Waals surface area contributed by atoms with Gasteiger partial charge >= 0.3 is 6.09 Å². The van der Waals surface area contributed by atoms with Gasteiger partial charge in [-0.05, 0) is 12.0 Å². The number of nitrogens with two attached hydrogens (primary N) is 1. The molecule has 11 nitrogen and oxygen atoms in total. The van der Waals surface area contributed by atoms with Crippen molar-refractivity contribution in [3.05, 3.63) is 57.8 Å². The first-order chi connectivity index (χ1) is 14.3. The molecular weight excluding hydrogens is 392 g/mol. The third-order valence-corrected chi connectivity index (χ3v) is 4.99. The number of benzene rings is 1. The van der Waals surface area contributed by atoms with Crippen LogP contribution in [0.3, 0.4) is 0 Å². The molecule has 2 heterocycles. The first-order valence-corrected chi connectivity index (χ1v) is 9.10. The van der Waals surface area contributed by atoms with E-state index in [1.54, 1.807) is 24.3 Å². The Morgan fingerprint density at radius 3 is 2.67 bits per heavy atom. The zero-order valence-corrected chi connectivity index (χ0v) is 16.3. The van der Waals surface area contributed by atoms with E-state index < -0.39 is 23.1 Å². The second kappa shape index (κ2) is 8.33. The number of ether oxygens (including phenoxy) is 1. The van der Waals surface area contributed by atoms with Gasteiger partial charge in [0.25, 0.3) is 5.56 Å². The van der Waals surface area contributed by atoms with Crippen LogP contribution in [0.5, 0.6) is 0 Å². The number of methoxy groups -OCH3 is 1. The van der Waals surface area contributed by atoms with Crippen molar-refractivity contribution in [1.82, 2.24) is 14.9 Å². The molecule has 158 valence electrons. The van der Waals surface area contributed by atoms with Gasteiger partial charge < -0.3 is 20.9 Å². The van der Waals surface area contributed by atoms with Crippen LogP contribution < -0.4 is 21.9 Å². The summed E-state index contributed by atoms with van der Waals surface area (Å²) in [5.41, 5.74) is 4.56. The first kappa shape index (κ1) is 21.0. The Morgan fingerprint density at radius 2 is 2.07 bits per heavy atom. The monoisotopic (exact) mass is 414 g/mol. The van der Waals surface area contributed by atoms with Crippen LogP contribution in [-0.2, 0) is 28.0 Å². The number of carbonyl (C=O) groups is 2. The average molecular weight is 414 g/mol. The number of hydrogen-bond donors (Lipinski definition) is 5. The van der Waals surface area contributed by atoms with Crippen LogP contribution in [0, 0.1) is 5.41 Å². The maximum absolute atomic E-state index is 13.2. The van der Waals surface area contributed by atoms with E-state index >= 15 is 0 Å². The van der Waals surface area contributed by atoms with E-state index in [0.717, 1.165) is 11.8 Å². The molecule has 2 amide bonds. The van der Waals surface area contributed by atoms with Crippen LogP contribution >= 0.6 is 0 Å². The highest BCUT2D eigenvalue weighted by Gasteiger charge is 2.47. The van der Waals surface area contributed by atoms with Gasteiger partial charge in [0.15, 0.2) is 5.54 Å². The average Bonchev–Trinajstić information content (AvgIpc) is 3.09. The smallest absolute Gasteiger partial charge is 0.409 e.